The zero-order valence-electron chi connectivity index (χ0n) is 17.4. The first-order valence-electron chi connectivity index (χ1n) is 9.18. The molecule has 0 bridgehead atoms. The Hall–Kier alpha value is -3.81. The van der Waals surface area contributed by atoms with Crippen LogP contribution in [-0.4, -0.2) is 38.9 Å². The van der Waals surface area contributed by atoms with Crippen molar-refractivity contribution in [2.45, 2.75) is 14.7 Å². The first-order valence-corrected chi connectivity index (χ1v) is 13.5. The molecule has 15 nitrogen and oxygen atoms in total. The highest BCUT2D eigenvalue weighted by atomic mass is 32.2. The van der Waals surface area contributed by atoms with Crippen LogP contribution in [0.2, 0.25) is 0 Å². The Bertz CT molecular complexity index is 1880. The van der Waals surface area contributed by atoms with Gasteiger partial charge < -0.3 is 0 Å². The predicted molar refractivity (Wildman–Crippen MR) is 122 cm³/mol. The molecule has 0 saturated heterocycles. The van der Waals surface area contributed by atoms with E-state index in [0.29, 0.717) is 6.07 Å². The molecule has 0 aromatic heterocycles. The van der Waals surface area contributed by atoms with Gasteiger partial charge in [-0.1, -0.05) is 0 Å². The highest BCUT2D eigenvalue weighted by Crippen LogP contribution is 2.14. The lowest BCUT2D eigenvalue weighted by atomic mass is 10.3. The Morgan fingerprint density at radius 2 is 1.00 bits per heavy atom. The lowest BCUT2D eigenvalue weighted by Gasteiger charge is -2.02. The number of rotatable bonds is 7. The monoisotopic (exact) mass is 558 g/mol. The molecule has 5 N–H and O–H groups in total. The molecule has 3 rings (SSSR count). The molecule has 0 spiro atoms. The van der Waals surface area contributed by atoms with Gasteiger partial charge in [0, 0.05) is 0 Å². The lowest BCUT2D eigenvalue weighted by Crippen LogP contribution is -2.50. The molecule has 0 atom stereocenters. The van der Waals surface area contributed by atoms with E-state index in [9.17, 15) is 39.4 Å². The van der Waals surface area contributed by atoms with E-state index < -0.39 is 66.6 Å². The fraction of sp³-hybridized carbons (Fsp3) is 0. The quantitative estimate of drug-likeness (QED) is 0.170. The largest absolute Gasteiger partial charge is 0.298 e. The Labute approximate surface area is 202 Å². The topological polar surface area (TPSA) is 246 Å². The molecule has 190 valence electrons. The van der Waals surface area contributed by atoms with Gasteiger partial charge in [0.05, 0.1) is 21.2 Å². The summed E-state index contributed by atoms with van der Waals surface area (Å²) in [5.41, 5.74) is 2.08. The molecule has 0 aliphatic rings. The summed E-state index contributed by atoms with van der Waals surface area (Å²) in [7, 11) is -14.1. The first-order chi connectivity index (χ1) is 16.6. The minimum Gasteiger partial charge on any atom is -0.286 e. The minimum atomic E-state index is -5.12. The van der Waals surface area contributed by atoms with Crippen molar-refractivity contribution in [3.05, 3.63) is 85.8 Å². The van der Waals surface area contributed by atoms with Crippen LogP contribution in [0.4, 0.5) is 11.4 Å². The van der Waals surface area contributed by atoms with E-state index in [2.05, 4.69) is 21.1 Å². The van der Waals surface area contributed by atoms with Crippen LogP contribution in [0.25, 0.3) is 0 Å². The third-order valence-electron chi connectivity index (χ3n) is 4.34. The fourth-order valence-electron chi connectivity index (χ4n) is 2.62. The maximum Gasteiger partial charge on any atom is 0.298 e. The van der Waals surface area contributed by atoms with Crippen LogP contribution in [0.1, 0.15) is 0 Å². The Kier molecular flexibility index (Phi) is 7.20. The molecular formula is C18H14N4O11S3. The van der Waals surface area contributed by atoms with Crippen LogP contribution in [0.15, 0.2) is 89.1 Å². The second-order valence-corrected chi connectivity index (χ2v) is 11.1. The summed E-state index contributed by atoms with van der Waals surface area (Å²) in [5.74, 6) is 0. The van der Waals surface area contributed by atoms with Gasteiger partial charge in [-0.3, -0.25) is 34.1 Å². The van der Waals surface area contributed by atoms with Crippen molar-refractivity contribution in [3.63, 3.8) is 0 Å². The van der Waals surface area contributed by atoms with Crippen molar-refractivity contribution in [1.29, 1.82) is 0 Å². The smallest absolute Gasteiger partial charge is 0.286 e. The van der Waals surface area contributed by atoms with Gasteiger partial charge in [-0.15, -0.1) is 0 Å². The molecule has 0 aliphatic carbocycles. The van der Waals surface area contributed by atoms with Crippen LogP contribution in [-0.2, 0) is 30.4 Å². The SMILES string of the molecule is O=c1c(S(=O)(=O)O)c/c(=N\Nc2ccc(S(=O)(=O)O)cc2)c(=O)/c1=N\Nc1ccc(S(=O)(=O)O)cc1. The highest BCUT2D eigenvalue weighted by Gasteiger charge is 2.19. The molecule has 0 saturated carbocycles. The van der Waals surface area contributed by atoms with E-state index in [1.165, 1.54) is 0 Å². The Balaban J connectivity index is 2.08. The molecule has 0 aliphatic heterocycles. The lowest BCUT2D eigenvalue weighted by molar-refractivity contribution is 0.480. The second kappa shape index (κ2) is 9.68. The van der Waals surface area contributed by atoms with E-state index in [4.69, 9.17) is 9.11 Å². The Morgan fingerprint density at radius 3 is 1.39 bits per heavy atom. The van der Waals surface area contributed by atoms with Crippen molar-refractivity contribution in [2.75, 3.05) is 10.9 Å². The summed E-state index contributed by atoms with van der Waals surface area (Å²) < 4.78 is 95.1. The van der Waals surface area contributed by atoms with Crippen molar-refractivity contribution in [2.24, 2.45) is 10.2 Å². The highest BCUT2D eigenvalue weighted by molar-refractivity contribution is 7.86. The van der Waals surface area contributed by atoms with Crippen molar-refractivity contribution in [1.82, 2.24) is 0 Å². The van der Waals surface area contributed by atoms with Gasteiger partial charge in [-0.05, 0) is 54.6 Å². The second-order valence-electron chi connectivity index (χ2n) is 6.82. The normalized spacial score (nSPS) is 13.5. The molecule has 18 heteroatoms. The van der Waals surface area contributed by atoms with Crippen LogP contribution < -0.4 is 32.4 Å². The molecule has 0 heterocycles. The number of hydrogen-bond donors (Lipinski definition) is 5. The number of hydrogen-bond acceptors (Lipinski definition) is 12. The summed E-state index contributed by atoms with van der Waals surface area (Å²) in [5, 5.41) is 5.55. The van der Waals surface area contributed by atoms with Crippen molar-refractivity contribution >= 4 is 41.7 Å². The Morgan fingerprint density at radius 1 is 0.583 bits per heavy atom. The van der Waals surface area contributed by atoms with E-state index in [0.717, 1.165) is 48.5 Å². The standard InChI is InChI=1S/C18H14N4O11S3/c23-17-14(21-19-10-1-5-12(6-2-10)34(25,26)27)9-15(36(31,32)33)18(24)16(17)22-20-11-3-7-13(8-4-11)35(28,29)30/h1-9,19-20H,(H,25,26,27)(H,28,29,30)(H,31,32,33)/b21-14+,22-16+. The van der Waals surface area contributed by atoms with Gasteiger partial charge in [-0.25, -0.2) is 0 Å². The molecular weight excluding hydrogens is 544 g/mol. The van der Waals surface area contributed by atoms with Gasteiger partial charge in [-0.2, -0.15) is 35.5 Å². The van der Waals surface area contributed by atoms with Gasteiger partial charge in [0.2, 0.25) is 10.9 Å². The van der Waals surface area contributed by atoms with Gasteiger partial charge in [0.15, 0.2) is 5.36 Å². The molecule has 36 heavy (non-hydrogen) atoms. The van der Waals surface area contributed by atoms with Crippen molar-refractivity contribution in [3.8, 4) is 0 Å². The third kappa shape index (κ3) is 6.24. The third-order valence-corrected chi connectivity index (χ3v) is 6.93. The predicted octanol–water partition coefficient (Wildman–Crippen LogP) is -1.12. The summed E-state index contributed by atoms with van der Waals surface area (Å²) in [4.78, 5) is 23.1. The van der Waals surface area contributed by atoms with Crippen LogP contribution >= 0.6 is 0 Å². The fourth-order valence-corrected chi connectivity index (χ4v) is 4.17. The van der Waals surface area contributed by atoms with Crippen LogP contribution in [0.5, 0.6) is 0 Å². The summed E-state index contributed by atoms with van der Waals surface area (Å²) in [6.45, 7) is 0. The number of nitrogens with one attached hydrogen (secondary N) is 2. The number of benzene rings is 3. The minimum absolute atomic E-state index is 0.0361. The molecule has 0 fully saturated rings. The molecule has 3 aromatic rings. The van der Waals surface area contributed by atoms with E-state index in [-0.39, 0.29) is 11.4 Å². The maximum absolute atomic E-state index is 12.7. The van der Waals surface area contributed by atoms with E-state index in [1.807, 2.05) is 0 Å². The van der Waals surface area contributed by atoms with Crippen LogP contribution in [0.3, 0.4) is 0 Å². The average molecular weight is 559 g/mol. The van der Waals surface area contributed by atoms with Gasteiger partial charge in [0.25, 0.3) is 30.4 Å². The summed E-state index contributed by atoms with van der Waals surface area (Å²) in [6.07, 6.45) is 0. The maximum atomic E-state index is 12.7. The summed E-state index contributed by atoms with van der Waals surface area (Å²) in [6, 6.07) is 9.04. The molecule has 3 aromatic carbocycles. The zero-order chi connectivity index (χ0) is 26.9. The molecule has 0 amide bonds. The first kappa shape index (κ1) is 26.8. The average Bonchev–Trinajstić information content (AvgIpc) is 2.77. The molecule has 0 unspecified atom stereocenters. The van der Waals surface area contributed by atoms with E-state index in [1.54, 1.807) is 0 Å². The number of nitrogens with zero attached hydrogens (tertiary/aromatic N) is 2. The zero-order valence-corrected chi connectivity index (χ0v) is 19.9. The molecule has 0 radical (unpaired) electrons. The van der Waals surface area contributed by atoms with Gasteiger partial charge >= 0.3 is 0 Å². The van der Waals surface area contributed by atoms with E-state index >= 15 is 0 Å². The van der Waals surface area contributed by atoms with Crippen LogP contribution in [0, 0.1) is 0 Å². The summed E-state index contributed by atoms with van der Waals surface area (Å²) >= 11 is 0. The number of anilines is 2. The van der Waals surface area contributed by atoms with Gasteiger partial charge in [0.1, 0.15) is 10.3 Å². The van der Waals surface area contributed by atoms with Crippen molar-refractivity contribution < 1.29 is 38.9 Å².